The molecule has 0 spiro atoms. The molecule has 0 aliphatic rings. The first-order valence-electron chi connectivity index (χ1n) is 10.1. The van der Waals surface area contributed by atoms with Crippen molar-refractivity contribution in [2.75, 3.05) is 26.4 Å². The Kier molecular flexibility index (Phi) is 16.7. The molecule has 0 saturated heterocycles. The van der Waals surface area contributed by atoms with E-state index in [-0.39, 0.29) is 5.91 Å². The molecule has 0 aromatic heterocycles. The molecule has 1 amide bonds. The van der Waals surface area contributed by atoms with Gasteiger partial charge in [0.25, 0.3) is 0 Å². The summed E-state index contributed by atoms with van der Waals surface area (Å²) >= 11 is 0. The Morgan fingerprint density at radius 1 is 0.880 bits per heavy atom. The molecule has 0 aliphatic heterocycles. The number of hydrogen-bond donors (Lipinski definition) is 1. The monoisotopic (exact) mass is 374 g/mol. The van der Waals surface area contributed by atoms with Crippen LogP contribution in [0.15, 0.2) is 0 Å². The zero-order chi connectivity index (χ0) is 18.8. The molecule has 1 radical (unpaired) electrons. The van der Waals surface area contributed by atoms with Crippen LogP contribution in [0.4, 0.5) is 0 Å². The van der Waals surface area contributed by atoms with Crippen LogP contribution in [0.3, 0.4) is 0 Å². The van der Waals surface area contributed by atoms with Crippen molar-refractivity contribution in [1.29, 1.82) is 0 Å². The summed E-state index contributed by atoms with van der Waals surface area (Å²) in [6, 6.07) is 0.742. The summed E-state index contributed by atoms with van der Waals surface area (Å²) in [4.78, 5) is 11.9. The number of hydrogen-bond acceptors (Lipinski definition) is 4. The summed E-state index contributed by atoms with van der Waals surface area (Å²) in [5, 5.41) is 2.99. The van der Waals surface area contributed by atoms with Gasteiger partial charge in [0.05, 0.1) is 0 Å². The van der Waals surface area contributed by atoms with Gasteiger partial charge >= 0.3 is 8.80 Å². The van der Waals surface area contributed by atoms with Crippen LogP contribution in [0.2, 0.25) is 6.04 Å². The minimum atomic E-state index is -2.57. The third kappa shape index (κ3) is 13.4. The molecule has 0 aromatic carbocycles. The Bertz CT molecular complexity index is 299. The average molecular weight is 375 g/mol. The van der Waals surface area contributed by atoms with Gasteiger partial charge in [-0.15, -0.1) is 0 Å². The van der Waals surface area contributed by atoms with E-state index in [1.165, 1.54) is 25.7 Å². The lowest BCUT2D eigenvalue weighted by molar-refractivity contribution is -0.121. The van der Waals surface area contributed by atoms with Gasteiger partial charge in [0.2, 0.25) is 5.91 Å². The standard InChI is InChI=1S/C19H40NO4Si/c1-5-9-10-11-12-13-14-16-19(21)20-17-15-18-25(22-6-2,23-7-3)24-8-4/h13H,5-12,14-18H2,1-4H3,(H,20,21). The fraction of sp³-hybridized carbons (Fsp3) is 0.895. The van der Waals surface area contributed by atoms with E-state index in [0.717, 1.165) is 25.3 Å². The number of carbonyl (C=O) groups excluding carboxylic acids is 1. The van der Waals surface area contributed by atoms with E-state index >= 15 is 0 Å². The van der Waals surface area contributed by atoms with Crippen LogP contribution < -0.4 is 5.32 Å². The zero-order valence-electron chi connectivity index (χ0n) is 16.9. The first-order chi connectivity index (χ1) is 12.1. The number of rotatable bonds is 18. The molecule has 1 N–H and O–H groups in total. The molecule has 0 aromatic rings. The van der Waals surface area contributed by atoms with Crippen LogP contribution in [0.1, 0.15) is 79.1 Å². The Morgan fingerprint density at radius 3 is 2.08 bits per heavy atom. The molecule has 0 unspecified atom stereocenters. The van der Waals surface area contributed by atoms with Gasteiger partial charge < -0.3 is 18.6 Å². The van der Waals surface area contributed by atoms with E-state index in [1.54, 1.807) is 0 Å². The third-order valence-electron chi connectivity index (χ3n) is 3.91. The Balaban J connectivity index is 3.83. The van der Waals surface area contributed by atoms with Crippen molar-refractivity contribution in [3.63, 3.8) is 0 Å². The quantitative estimate of drug-likeness (QED) is 0.283. The van der Waals surface area contributed by atoms with E-state index in [1.807, 2.05) is 20.8 Å². The predicted molar refractivity (Wildman–Crippen MR) is 105 cm³/mol. The lowest BCUT2D eigenvalue weighted by atomic mass is 10.1. The largest absolute Gasteiger partial charge is 0.500 e. The number of carbonyl (C=O) groups is 1. The number of unbranched alkanes of at least 4 members (excludes halogenated alkanes) is 6. The molecule has 0 heterocycles. The van der Waals surface area contributed by atoms with Crippen LogP contribution >= 0.6 is 0 Å². The second kappa shape index (κ2) is 17.0. The van der Waals surface area contributed by atoms with E-state index < -0.39 is 8.80 Å². The summed E-state index contributed by atoms with van der Waals surface area (Å²) in [5.74, 6) is 0.126. The smallest absolute Gasteiger partial charge is 0.374 e. The number of nitrogens with one attached hydrogen (secondary N) is 1. The molecule has 5 nitrogen and oxygen atoms in total. The Morgan fingerprint density at radius 2 is 1.52 bits per heavy atom. The summed E-state index contributed by atoms with van der Waals surface area (Å²) in [7, 11) is -2.57. The Hall–Kier alpha value is -0.433. The van der Waals surface area contributed by atoms with Crippen LogP contribution in [-0.2, 0) is 18.1 Å². The molecule has 0 aliphatic carbocycles. The maximum absolute atomic E-state index is 11.9. The van der Waals surface area contributed by atoms with E-state index in [9.17, 15) is 4.79 Å². The normalized spacial score (nSPS) is 11.7. The SMILES string of the molecule is CCCCCC[CH]CCC(=O)NCCC[Si](OCC)(OCC)OCC. The highest BCUT2D eigenvalue weighted by Crippen LogP contribution is 2.17. The summed E-state index contributed by atoms with van der Waals surface area (Å²) in [6.45, 7) is 10.5. The van der Waals surface area contributed by atoms with Gasteiger partial charge in [-0.3, -0.25) is 4.79 Å². The fourth-order valence-electron chi connectivity index (χ4n) is 2.72. The Labute approximate surface area is 156 Å². The van der Waals surface area contributed by atoms with Crippen LogP contribution in [-0.4, -0.2) is 41.1 Å². The minimum Gasteiger partial charge on any atom is -0.374 e. The molecule has 0 bridgehead atoms. The van der Waals surface area contributed by atoms with E-state index in [0.29, 0.717) is 32.8 Å². The van der Waals surface area contributed by atoms with Gasteiger partial charge in [0, 0.05) is 38.8 Å². The summed E-state index contributed by atoms with van der Waals surface area (Å²) < 4.78 is 17.4. The summed E-state index contributed by atoms with van der Waals surface area (Å²) in [6.07, 6.45) is 10.8. The van der Waals surface area contributed by atoms with E-state index in [2.05, 4.69) is 18.7 Å². The van der Waals surface area contributed by atoms with Crippen molar-refractivity contribution >= 4 is 14.7 Å². The molecule has 0 saturated carbocycles. The van der Waals surface area contributed by atoms with E-state index in [4.69, 9.17) is 13.3 Å². The minimum absolute atomic E-state index is 0.126. The van der Waals surface area contributed by atoms with Gasteiger partial charge in [-0.05, 0) is 40.0 Å². The molecule has 6 heteroatoms. The van der Waals surface area contributed by atoms with Crippen LogP contribution in [0, 0.1) is 6.42 Å². The van der Waals surface area contributed by atoms with Crippen LogP contribution in [0.25, 0.3) is 0 Å². The van der Waals surface area contributed by atoms with Crippen molar-refractivity contribution in [3.8, 4) is 0 Å². The molecular weight excluding hydrogens is 334 g/mol. The second-order valence-electron chi connectivity index (χ2n) is 6.11. The first kappa shape index (κ1) is 24.6. The molecule has 0 rings (SSSR count). The lowest BCUT2D eigenvalue weighted by Crippen LogP contribution is -2.46. The lowest BCUT2D eigenvalue weighted by Gasteiger charge is -2.28. The van der Waals surface area contributed by atoms with Gasteiger partial charge in [-0.2, -0.15) is 0 Å². The highest BCUT2D eigenvalue weighted by atomic mass is 28.4. The third-order valence-corrected chi connectivity index (χ3v) is 7.06. The maximum atomic E-state index is 11.9. The maximum Gasteiger partial charge on any atom is 0.500 e. The molecule has 25 heavy (non-hydrogen) atoms. The van der Waals surface area contributed by atoms with Gasteiger partial charge in [0.15, 0.2) is 0 Å². The number of amides is 1. The topological polar surface area (TPSA) is 56.8 Å². The van der Waals surface area contributed by atoms with Crippen molar-refractivity contribution in [1.82, 2.24) is 5.32 Å². The highest BCUT2D eigenvalue weighted by molar-refractivity contribution is 6.60. The fourth-order valence-corrected chi connectivity index (χ4v) is 5.33. The van der Waals surface area contributed by atoms with Gasteiger partial charge in [0.1, 0.15) is 0 Å². The van der Waals surface area contributed by atoms with Crippen molar-refractivity contribution < 1.29 is 18.1 Å². The highest BCUT2D eigenvalue weighted by Gasteiger charge is 2.39. The van der Waals surface area contributed by atoms with Crippen LogP contribution in [0.5, 0.6) is 0 Å². The van der Waals surface area contributed by atoms with Gasteiger partial charge in [-0.25, -0.2) is 0 Å². The molecule has 0 fully saturated rings. The zero-order valence-corrected chi connectivity index (χ0v) is 17.9. The van der Waals surface area contributed by atoms with Crippen molar-refractivity contribution in [2.24, 2.45) is 0 Å². The van der Waals surface area contributed by atoms with Crippen molar-refractivity contribution in [2.45, 2.75) is 85.1 Å². The molecular formula is C19H40NO4Si. The average Bonchev–Trinajstić information content (AvgIpc) is 2.59. The second-order valence-corrected chi connectivity index (χ2v) is 8.84. The summed E-state index contributed by atoms with van der Waals surface area (Å²) in [5.41, 5.74) is 0. The molecule has 149 valence electrons. The van der Waals surface area contributed by atoms with Crippen molar-refractivity contribution in [3.05, 3.63) is 6.42 Å². The van der Waals surface area contributed by atoms with Gasteiger partial charge in [-0.1, -0.05) is 39.0 Å². The molecule has 0 atom stereocenters. The predicted octanol–water partition coefficient (Wildman–Crippen LogP) is 4.50. The first-order valence-corrected chi connectivity index (χ1v) is 12.1.